The summed E-state index contributed by atoms with van der Waals surface area (Å²) in [6.07, 6.45) is 2.88. The largest absolute Gasteiger partial charge is 0.492 e. The molecule has 1 amide bonds. The molecule has 2 aliphatic rings. The van der Waals surface area contributed by atoms with Gasteiger partial charge in [0, 0.05) is 6.04 Å². The third-order valence-corrected chi connectivity index (χ3v) is 4.41. The van der Waals surface area contributed by atoms with Crippen molar-refractivity contribution in [3.8, 4) is 5.75 Å². The summed E-state index contributed by atoms with van der Waals surface area (Å²) in [6.45, 7) is 0.354. The second-order valence-electron chi connectivity index (χ2n) is 5.81. The number of hydrogen-bond acceptors (Lipinski definition) is 3. The molecule has 5 heteroatoms. The van der Waals surface area contributed by atoms with E-state index in [-0.39, 0.29) is 17.9 Å². The van der Waals surface area contributed by atoms with Gasteiger partial charge in [-0.15, -0.1) is 0 Å². The number of benzene rings is 1. The Labute approximate surface area is 123 Å². The molecule has 2 N–H and O–H groups in total. The summed E-state index contributed by atoms with van der Waals surface area (Å²) in [5.41, 5.74) is 1.03. The van der Waals surface area contributed by atoms with Gasteiger partial charge in [0.25, 0.3) is 0 Å². The first-order chi connectivity index (χ1) is 10.1. The molecular weight excluding hydrogens is 270 g/mol. The van der Waals surface area contributed by atoms with Crippen LogP contribution in [0.25, 0.3) is 0 Å². The predicted molar refractivity (Wildman–Crippen MR) is 76.0 cm³/mol. The van der Waals surface area contributed by atoms with Crippen LogP contribution in [0.1, 0.15) is 24.8 Å². The maximum absolute atomic E-state index is 12.3. The van der Waals surface area contributed by atoms with E-state index in [1.165, 1.54) is 0 Å². The van der Waals surface area contributed by atoms with E-state index in [1.54, 1.807) is 0 Å². The highest BCUT2D eigenvalue weighted by Crippen LogP contribution is 2.29. The van der Waals surface area contributed by atoms with Gasteiger partial charge in [-0.2, -0.15) is 0 Å². The van der Waals surface area contributed by atoms with Crippen molar-refractivity contribution >= 4 is 11.9 Å². The monoisotopic (exact) mass is 289 g/mol. The van der Waals surface area contributed by atoms with Gasteiger partial charge in [-0.3, -0.25) is 9.59 Å². The number of hydrogen-bond donors (Lipinski definition) is 2. The van der Waals surface area contributed by atoms with Crippen LogP contribution in [0, 0.1) is 11.8 Å². The molecule has 1 aromatic rings. The van der Waals surface area contributed by atoms with Crippen molar-refractivity contribution in [2.75, 3.05) is 6.61 Å². The van der Waals surface area contributed by atoms with Gasteiger partial charge in [0.05, 0.1) is 11.8 Å². The van der Waals surface area contributed by atoms with Crippen molar-refractivity contribution in [2.24, 2.45) is 11.8 Å². The van der Waals surface area contributed by atoms with E-state index in [9.17, 15) is 9.59 Å². The molecule has 112 valence electrons. The van der Waals surface area contributed by atoms with E-state index >= 15 is 0 Å². The normalized spacial score (nSPS) is 27.5. The third kappa shape index (κ3) is 2.86. The van der Waals surface area contributed by atoms with E-state index in [4.69, 9.17) is 9.84 Å². The van der Waals surface area contributed by atoms with Gasteiger partial charge in [0.15, 0.2) is 0 Å². The number of aliphatic carboxylic acids is 1. The Hall–Kier alpha value is -2.04. The Morgan fingerprint density at radius 3 is 2.86 bits per heavy atom. The number of carbonyl (C=O) groups is 2. The number of amides is 1. The fraction of sp³-hybridized carbons (Fsp3) is 0.500. The molecule has 1 aromatic carbocycles. The minimum absolute atomic E-state index is 0.0948. The molecule has 0 bridgehead atoms. The molecule has 1 fully saturated rings. The number of carboxylic acid groups (broad SMARTS) is 1. The van der Waals surface area contributed by atoms with Crippen molar-refractivity contribution in [3.05, 3.63) is 29.8 Å². The Bertz CT molecular complexity index is 557. The van der Waals surface area contributed by atoms with Gasteiger partial charge in [-0.25, -0.2) is 0 Å². The molecule has 5 nitrogen and oxygen atoms in total. The van der Waals surface area contributed by atoms with Gasteiger partial charge < -0.3 is 15.2 Å². The minimum atomic E-state index is -0.817. The summed E-state index contributed by atoms with van der Waals surface area (Å²) in [4.78, 5) is 23.5. The van der Waals surface area contributed by atoms with Crippen LogP contribution < -0.4 is 10.1 Å². The van der Waals surface area contributed by atoms with Crippen LogP contribution in [0.3, 0.4) is 0 Å². The number of fused-ring (bicyclic) bond motifs is 1. The molecule has 1 aliphatic carbocycles. The topological polar surface area (TPSA) is 75.6 Å². The molecular formula is C16H19NO4. The zero-order chi connectivity index (χ0) is 14.8. The lowest BCUT2D eigenvalue weighted by Gasteiger charge is -2.26. The zero-order valence-electron chi connectivity index (χ0n) is 11.7. The number of carbonyl (C=O) groups excluding carboxylic acids is 1. The Morgan fingerprint density at radius 2 is 2.05 bits per heavy atom. The van der Waals surface area contributed by atoms with E-state index in [0.717, 1.165) is 24.2 Å². The third-order valence-electron chi connectivity index (χ3n) is 4.41. The van der Waals surface area contributed by atoms with E-state index < -0.39 is 11.9 Å². The average molecular weight is 289 g/mol. The van der Waals surface area contributed by atoms with Crippen molar-refractivity contribution in [2.45, 2.75) is 31.7 Å². The van der Waals surface area contributed by atoms with Crippen LogP contribution >= 0.6 is 0 Å². The molecule has 21 heavy (non-hydrogen) atoms. The highest BCUT2D eigenvalue weighted by molar-refractivity contribution is 5.81. The lowest BCUT2D eigenvalue weighted by Crippen LogP contribution is -2.45. The second-order valence-corrected chi connectivity index (χ2v) is 5.81. The van der Waals surface area contributed by atoms with E-state index in [2.05, 4.69) is 5.32 Å². The molecule has 0 aromatic heterocycles. The van der Waals surface area contributed by atoms with Crippen molar-refractivity contribution in [1.29, 1.82) is 0 Å². The summed E-state index contributed by atoms with van der Waals surface area (Å²) in [5, 5.41) is 12.1. The molecule has 3 rings (SSSR count). The first-order valence-corrected chi connectivity index (χ1v) is 7.39. The maximum atomic E-state index is 12.3. The molecule has 1 unspecified atom stereocenters. The smallest absolute Gasteiger partial charge is 0.308 e. The van der Waals surface area contributed by atoms with E-state index in [1.807, 2.05) is 24.3 Å². The lowest BCUT2D eigenvalue weighted by atomic mass is 9.95. The number of carboxylic acids is 1. The Balaban J connectivity index is 1.63. The summed E-state index contributed by atoms with van der Waals surface area (Å²) in [7, 11) is 0. The average Bonchev–Trinajstić information content (AvgIpc) is 2.95. The predicted octanol–water partition coefficient (Wildman–Crippen LogP) is 1.61. The summed E-state index contributed by atoms with van der Waals surface area (Å²) in [6, 6.07) is 7.47. The molecule has 0 spiro atoms. The molecule has 0 radical (unpaired) electrons. The van der Waals surface area contributed by atoms with Gasteiger partial charge in [0.2, 0.25) is 5.91 Å². The van der Waals surface area contributed by atoms with Crippen molar-refractivity contribution in [1.82, 2.24) is 5.32 Å². The minimum Gasteiger partial charge on any atom is -0.492 e. The molecule has 1 aliphatic heterocycles. The number of rotatable bonds is 3. The maximum Gasteiger partial charge on any atom is 0.308 e. The first-order valence-electron chi connectivity index (χ1n) is 7.39. The summed E-state index contributed by atoms with van der Waals surface area (Å²) in [5.74, 6) is -0.766. The van der Waals surface area contributed by atoms with Crippen LogP contribution in [0.2, 0.25) is 0 Å². The van der Waals surface area contributed by atoms with Gasteiger partial charge in [-0.05, 0) is 30.9 Å². The van der Waals surface area contributed by atoms with Crippen LogP contribution in [0.5, 0.6) is 5.75 Å². The standard InChI is InChI=1S/C16H19NO4/c18-15(17-13-6-3-5-12(13)16(19)20)11-8-10-4-1-2-7-14(10)21-9-11/h1-2,4,7,11-13H,3,5-6,8-9H2,(H,17,18)(H,19,20)/t11?,12-,13+/m1/s1. The number of ether oxygens (including phenoxy) is 1. The van der Waals surface area contributed by atoms with Crippen LogP contribution in [-0.2, 0) is 16.0 Å². The van der Waals surface area contributed by atoms with Crippen LogP contribution in [0.4, 0.5) is 0 Å². The number of nitrogens with one attached hydrogen (secondary N) is 1. The summed E-state index contributed by atoms with van der Waals surface area (Å²) < 4.78 is 5.62. The quantitative estimate of drug-likeness (QED) is 0.886. The van der Waals surface area contributed by atoms with E-state index in [0.29, 0.717) is 19.4 Å². The van der Waals surface area contributed by atoms with Crippen molar-refractivity contribution < 1.29 is 19.4 Å². The second kappa shape index (κ2) is 5.76. The highest BCUT2D eigenvalue weighted by Gasteiger charge is 2.36. The fourth-order valence-corrected chi connectivity index (χ4v) is 3.23. The SMILES string of the molecule is O=C(N[C@H]1CCC[C@H]1C(=O)O)C1COc2ccccc2C1. The zero-order valence-corrected chi connectivity index (χ0v) is 11.7. The van der Waals surface area contributed by atoms with Crippen LogP contribution in [0.15, 0.2) is 24.3 Å². The highest BCUT2D eigenvalue weighted by atomic mass is 16.5. The van der Waals surface area contributed by atoms with Gasteiger partial charge in [-0.1, -0.05) is 24.6 Å². The Morgan fingerprint density at radius 1 is 1.24 bits per heavy atom. The Kier molecular flexibility index (Phi) is 3.82. The van der Waals surface area contributed by atoms with Crippen molar-refractivity contribution in [3.63, 3.8) is 0 Å². The summed E-state index contributed by atoms with van der Waals surface area (Å²) >= 11 is 0. The van der Waals surface area contributed by atoms with Gasteiger partial charge >= 0.3 is 5.97 Å². The van der Waals surface area contributed by atoms with Gasteiger partial charge in [0.1, 0.15) is 12.4 Å². The fourth-order valence-electron chi connectivity index (χ4n) is 3.23. The molecule has 0 saturated heterocycles. The number of para-hydroxylation sites is 1. The lowest BCUT2D eigenvalue weighted by molar-refractivity contribution is -0.142. The molecule has 1 saturated carbocycles. The molecule has 1 heterocycles. The first kappa shape index (κ1) is 13.9. The molecule has 3 atom stereocenters. The van der Waals surface area contributed by atoms with Crippen LogP contribution in [-0.4, -0.2) is 29.6 Å².